The molecule has 0 saturated heterocycles. The average molecular weight is 438 g/mol. The van der Waals surface area contributed by atoms with Crippen molar-refractivity contribution in [2.45, 2.75) is 28.1 Å². The van der Waals surface area contributed by atoms with E-state index < -0.39 is 20.7 Å². The van der Waals surface area contributed by atoms with E-state index in [1.165, 1.54) is 0 Å². The minimum atomic E-state index is -1.87. The van der Waals surface area contributed by atoms with E-state index in [2.05, 4.69) is 16.0 Å². The van der Waals surface area contributed by atoms with E-state index in [0.29, 0.717) is 0 Å². The number of alkyl halides is 5. The molecular formula is C13H14Cl5N3OS. The quantitative estimate of drug-likeness (QED) is 0.368. The molecule has 1 atom stereocenters. The van der Waals surface area contributed by atoms with Crippen LogP contribution in [0.3, 0.4) is 0 Å². The number of halogens is 5. The topological polar surface area (TPSA) is 53.2 Å². The SMILES string of the molecule is CCc1ccccc1NC(=S)NC(NC(=O)C(Cl)Cl)C(Cl)(Cl)Cl. The summed E-state index contributed by atoms with van der Waals surface area (Å²) in [6.45, 7) is 2.02. The smallest absolute Gasteiger partial charge is 0.255 e. The molecule has 0 aliphatic rings. The molecule has 0 heterocycles. The van der Waals surface area contributed by atoms with Crippen LogP contribution >= 0.6 is 70.2 Å². The van der Waals surface area contributed by atoms with Gasteiger partial charge in [0.05, 0.1) is 0 Å². The molecule has 4 nitrogen and oxygen atoms in total. The van der Waals surface area contributed by atoms with E-state index in [0.717, 1.165) is 17.7 Å². The lowest BCUT2D eigenvalue weighted by atomic mass is 10.1. The number of amides is 1. The third kappa shape index (κ3) is 7.08. The number of nitrogens with one attached hydrogen (secondary N) is 3. The Balaban J connectivity index is 2.79. The van der Waals surface area contributed by atoms with E-state index in [4.69, 9.17) is 70.2 Å². The highest BCUT2D eigenvalue weighted by atomic mass is 35.6. The zero-order valence-corrected chi connectivity index (χ0v) is 16.5. The number of thiocarbonyl (C=S) groups is 1. The third-order valence-corrected chi connectivity index (χ3v) is 4.00. The number of benzene rings is 1. The summed E-state index contributed by atoms with van der Waals surface area (Å²) < 4.78 is -1.87. The summed E-state index contributed by atoms with van der Waals surface area (Å²) in [5.74, 6) is -0.714. The molecule has 0 bridgehead atoms. The number of anilines is 1. The van der Waals surface area contributed by atoms with Crippen LogP contribution in [0.15, 0.2) is 24.3 Å². The van der Waals surface area contributed by atoms with Gasteiger partial charge in [0.1, 0.15) is 6.17 Å². The second-order valence-electron chi connectivity index (χ2n) is 4.39. The fraction of sp³-hybridized carbons (Fsp3) is 0.385. The summed E-state index contributed by atoms with van der Waals surface area (Å²) in [5.41, 5.74) is 1.88. The largest absolute Gasteiger partial charge is 0.339 e. The van der Waals surface area contributed by atoms with Crippen LogP contribution in [0.4, 0.5) is 5.69 Å². The van der Waals surface area contributed by atoms with Gasteiger partial charge < -0.3 is 16.0 Å². The molecule has 0 aliphatic carbocycles. The van der Waals surface area contributed by atoms with Crippen LogP contribution in [0.1, 0.15) is 12.5 Å². The molecule has 128 valence electrons. The van der Waals surface area contributed by atoms with Crippen LogP contribution in [-0.4, -0.2) is 25.8 Å². The number of carbonyl (C=O) groups is 1. The van der Waals surface area contributed by atoms with Crippen LogP contribution in [0.25, 0.3) is 0 Å². The first kappa shape index (κ1) is 20.9. The molecule has 0 spiro atoms. The van der Waals surface area contributed by atoms with Gasteiger partial charge in [-0.2, -0.15) is 0 Å². The molecular weight excluding hydrogens is 423 g/mol. The Labute approximate surface area is 165 Å². The predicted octanol–water partition coefficient (Wildman–Crippen LogP) is 4.15. The predicted molar refractivity (Wildman–Crippen MR) is 103 cm³/mol. The highest BCUT2D eigenvalue weighted by Crippen LogP contribution is 2.29. The standard InChI is InChI=1S/C13H14Cl5N3OS/c1-2-7-5-3-4-6-8(7)19-12(23)21-11(13(16,17)18)20-10(22)9(14)15/h3-6,9,11H,2H2,1H3,(H,20,22)(H2,19,21,23). The van der Waals surface area contributed by atoms with Crippen LogP contribution in [0, 0.1) is 0 Å². The Morgan fingerprint density at radius 2 is 1.83 bits per heavy atom. The summed E-state index contributed by atoms with van der Waals surface area (Å²) in [6, 6.07) is 7.61. The first-order valence-corrected chi connectivity index (χ1v) is 8.87. The zero-order chi connectivity index (χ0) is 17.6. The van der Waals surface area contributed by atoms with Crippen LogP contribution < -0.4 is 16.0 Å². The normalized spacial score (nSPS) is 12.7. The summed E-state index contributed by atoms with van der Waals surface area (Å²) >= 11 is 33.6. The molecule has 3 N–H and O–H groups in total. The van der Waals surface area contributed by atoms with Crippen molar-refractivity contribution >= 4 is 86.9 Å². The monoisotopic (exact) mass is 435 g/mol. The number of para-hydroxylation sites is 1. The second kappa shape index (κ2) is 9.35. The average Bonchev–Trinajstić information content (AvgIpc) is 2.45. The highest BCUT2D eigenvalue weighted by molar-refractivity contribution is 7.80. The molecule has 1 unspecified atom stereocenters. The van der Waals surface area contributed by atoms with Crippen molar-refractivity contribution in [3.05, 3.63) is 29.8 Å². The van der Waals surface area contributed by atoms with Gasteiger partial charge in [0.15, 0.2) is 9.95 Å². The van der Waals surface area contributed by atoms with Crippen LogP contribution in [-0.2, 0) is 11.2 Å². The number of hydrogen-bond acceptors (Lipinski definition) is 2. The van der Waals surface area contributed by atoms with Crippen molar-refractivity contribution in [1.29, 1.82) is 0 Å². The van der Waals surface area contributed by atoms with Gasteiger partial charge >= 0.3 is 0 Å². The molecule has 1 amide bonds. The number of hydrogen-bond donors (Lipinski definition) is 3. The second-order valence-corrected chi connectivity index (χ2v) is 8.27. The van der Waals surface area contributed by atoms with Crippen molar-refractivity contribution in [2.24, 2.45) is 0 Å². The van der Waals surface area contributed by atoms with E-state index in [1.54, 1.807) is 0 Å². The lowest BCUT2D eigenvalue weighted by Gasteiger charge is -2.28. The molecule has 23 heavy (non-hydrogen) atoms. The maximum absolute atomic E-state index is 11.6. The summed E-state index contributed by atoms with van der Waals surface area (Å²) in [5, 5.41) is 8.25. The van der Waals surface area contributed by atoms with E-state index in [9.17, 15) is 4.79 Å². The van der Waals surface area contributed by atoms with Gasteiger partial charge in [-0.25, -0.2) is 0 Å². The Morgan fingerprint density at radius 3 is 2.35 bits per heavy atom. The molecule has 0 saturated carbocycles. The first-order chi connectivity index (χ1) is 10.6. The van der Waals surface area contributed by atoms with Gasteiger partial charge in [-0.1, -0.05) is 83.1 Å². The van der Waals surface area contributed by atoms with Gasteiger partial charge in [0.2, 0.25) is 3.79 Å². The molecule has 0 aromatic heterocycles. The molecule has 1 rings (SSSR count). The Hall–Kier alpha value is -0.170. The Bertz CT molecular complexity index is 565. The van der Waals surface area contributed by atoms with Gasteiger partial charge in [-0.15, -0.1) is 0 Å². The van der Waals surface area contributed by atoms with Crippen molar-refractivity contribution in [3.8, 4) is 0 Å². The summed E-state index contributed by atoms with van der Waals surface area (Å²) in [6.07, 6.45) is -0.301. The van der Waals surface area contributed by atoms with E-state index in [1.807, 2.05) is 31.2 Å². The zero-order valence-electron chi connectivity index (χ0n) is 11.9. The minimum absolute atomic E-state index is 0.170. The van der Waals surface area contributed by atoms with Gasteiger partial charge in [-0.3, -0.25) is 4.79 Å². The fourth-order valence-corrected chi connectivity index (χ4v) is 2.33. The Kier molecular flexibility index (Phi) is 8.48. The lowest BCUT2D eigenvalue weighted by Crippen LogP contribution is -2.57. The Morgan fingerprint density at radius 1 is 1.22 bits per heavy atom. The van der Waals surface area contributed by atoms with Gasteiger partial charge in [0.25, 0.3) is 5.91 Å². The molecule has 10 heteroatoms. The van der Waals surface area contributed by atoms with Crippen molar-refractivity contribution in [2.75, 3.05) is 5.32 Å². The number of aryl methyl sites for hydroxylation is 1. The summed E-state index contributed by atoms with van der Waals surface area (Å²) in [4.78, 5) is 10.3. The number of rotatable bonds is 5. The maximum atomic E-state index is 11.6. The lowest BCUT2D eigenvalue weighted by molar-refractivity contribution is -0.120. The van der Waals surface area contributed by atoms with Gasteiger partial charge in [0, 0.05) is 5.69 Å². The third-order valence-electron chi connectivity index (χ3n) is 2.73. The fourth-order valence-electron chi connectivity index (χ4n) is 1.65. The van der Waals surface area contributed by atoms with Crippen molar-refractivity contribution < 1.29 is 4.79 Å². The molecule has 0 radical (unpaired) electrons. The molecule has 0 aliphatic heterocycles. The van der Waals surface area contributed by atoms with Crippen LogP contribution in [0.5, 0.6) is 0 Å². The molecule has 1 aromatic rings. The summed E-state index contributed by atoms with van der Waals surface area (Å²) in [7, 11) is 0. The van der Waals surface area contributed by atoms with Gasteiger partial charge in [-0.05, 0) is 30.3 Å². The number of carbonyl (C=O) groups excluding carboxylic acids is 1. The van der Waals surface area contributed by atoms with E-state index >= 15 is 0 Å². The molecule has 0 fully saturated rings. The minimum Gasteiger partial charge on any atom is -0.339 e. The first-order valence-electron chi connectivity index (χ1n) is 6.45. The van der Waals surface area contributed by atoms with Crippen molar-refractivity contribution in [3.63, 3.8) is 0 Å². The van der Waals surface area contributed by atoms with Crippen LogP contribution in [0.2, 0.25) is 0 Å². The maximum Gasteiger partial charge on any atom is 0.255 e. The highest BCUT2D eigenvalue weighted by Gasteiger charge is 2.35. The van der Waals surface area contributed by atoms with E-state index in [-0.39, 0.29) is 5.11 Å². The molecule has 1 aromatic carbocycles. The van der Waals surface area contributed by atoms with Crippen molar-refractivity contribution in [1.82, 2.24) is 10.6 Å².